The van der Waals surface area contributed by atoms with E-state index in [2.05, 4.69) is 0 Å². The van der Waals surface area contributed by atoms with Crippen molar-refractivity contribution in [1.29, 1.82) is 0 Å². The van der Waals surface area contributed by atoms with E-state index in [-0.39, 0.29) is 40.7 Å². The van der Waals surface area contributed by atoms with Crippen LogP contribution in [0.3, 0.4) is 0 Å². The van der Waals surface area contributed by atoms with E-state index < -0.39 is 14.9 Å². The van der Waals surface area contributed by atoms with E-state index in [9.17, 15) is 18.5 Å². The lowest BCUT2D eigenvalue weighted by molar-refractivity contribution is -0.385. The van der Waals surface area contributed by atoms with E-state index >= 15 is 0 Å². The Morgan fingerprint density at radius 1 is 1.48 bits per heavy atom. The van der Waals surface area contributed by atoms with Gasteiger partial charge in [-0.1, -0.05) is 6.92 Å². The molecule has 1 heterocycles. The number of hydrogen-bond acceptors (Lipinski definition) is 6. The maximum Gasteiger partial charge on any atom is 0.271 e. The second-order valence-electron chi connectivity index (χ2n) is 5.70. The normalized spacial score (nSPS) is 21.7. The van der Waals surface area contributed by atoms with Crippen LogP contribution in [0.15, 0.2) is 23.1 Å². The Kier molecular flexibility index (Phi) is 5.97. The Balaban J connectivity index is 0.00000264. The number of nitro benzene ring substituents is 1. The highest BCUT2D eigenvalue weighted by Gasteiger charge is 2.40. The van der Waals surface area contributed by atoms with E-state index in [0.717, 1.165) is 6.07 Å². The molecule has 0 amide bonds. The summed E-state index contributed by atoms with van der Waals surface area (Å²) < 4.78 is 31.9. The maximum absolute atomic E-state index is 12.8. The molecule has 1 aromatic rings. The molecule has 0 spiro atoms. The van der Waals surface area contributed by atoms with Gasteiger partial charge in [-0.2, -0.15) is 4.31 Å². The number of nitrogens with zero attached hydrogens (tertiary/aromatic N) is 2. The number of benzene rings is 1. The second-order valence-corrected chi connectivity index (χ2v) is 7.60. The lowest BCUT2D eigenvalue weighted by Crippen LogP contribution is -2.34. The molecule has 2 N–H and O–H groups in total. The third kappa shape index (κ3) is 3.74. The van der Waals surface area contributed by atoms with Crippen LogP contribution in [-0.4, -0.2) is 44.4 Å². The van der Waals surface area contributed by atoms with Gasteiger partial charge < -0.3 is 10.5 Å². The molecule has 0 saturated carbocycles. The molecule has 1 saturated heterocycles. The fourth-order valence-corrected chi connectivity index (χ4v) is 4.24. The van der Waals surface area contributed by atoms with Crippen molar-refractivity contribution in [2.45, 2.75) is 18.2 Å². The number of hydrogen-bond donors (Lipinski definition) is 1. The summed E-state index contributed by atoms with van der Waals surface area (Å²) in [4.78, 5) is 10.1. The van der Waals surface area contributed by atoms with Gasteiger partial charge in [0.15, 0.2) is 0 Å². The smallest absolute Gasteiger partial charge is 0.271 e. The van der Waals surface area contributed by atoms with Gasteiger partial charge in [0.25, 0.3) is 5.69 Å². The molecule has 130 valence electrons. The summed E-state index contributed by atoms with van der Waals surface area (Å²) >= 11 is 0. The number of sulfonamides is 1. The highest BCUT2D eigenvalue weighted by Crippen LogP contribution is 2.36. The average Bonchev–Trinajstić information content (AvgIpc) is 2.90. The van der Waals surface area contributed by atoms with Crippen LogP contribution in [0.4, 0.5) is 5.69 Å². The molecule has 0 aromatic heterocycles. The molecular weight excluding hydrogens is 346 g/mol. The SMILES string of the molecule is COc1ccc([N+](=O)[O-])cc1S(=O)(=O)N1CCC(C)(CN)C1.Cl. The summed E-state index contributed by atoms with van der Waals surface area (Å²) in [6, 6.07) is 3.54. The third-order valence-electron chi connectivity index (χ3n) is 3.99. The molecule has 1 unspecified atom stereocenters. The molecule has 1 aliphatic rings. The first-order valence-electron chi connectivity index (χ1n) is 6.76. The number of methoxy groups -OCH3 is 1. The Morgan fingerprint density at radius 3 is 2.61 bits per heavy atom. The Hall–Kier alpha value is -1.42. The summed E-state index contributed by atoms with van der Waals surface area (Å²) in [5.74, 6) is 0.0898. The largest absolute Gasteiger partial charge is 0.495 e. The maximum atomic E-state index is 12.8. The average molecular weight is 366 g/mol. The van der Waals surface area contributed by atoms with Gasteiger partial charge in [0.05, 0.1) is 12.0 Å². The molecule has 23 heavy (non-hydrogen) atoms. The van der Waals surface area contributed by atoms with Gasteiger partial charge in [0.2, 0.25) is 10.0 Å². The highest BCUT2D eigenvalue weighted by atomic mass is 35.5. The van der Waals surface area contributed by atoms with Crippen molar-refractivity contribution in [3.63, 3.8) is 0 Å². The van der Waals surface area contributed by atoms with E-state index in [1.165, 1.54) is 23.5 Å². The fourth-order valence-electron chi connectivity index (χ4n) is 2.47. The molecule has 0 bridgehead atoms. The third-order valence-corrected chi connectivity index (χ3v) is 5.86. The van der Waals surface area contributed by atoms with Gasteiger partial charge >= 0.3 is 0 Å². The monoisotopic (exact) mass is 365 g/mol. The van der Waals surface area contributed by atoms with Gasteiger partial charge in [-0.15, -0.1) is 12.4 Å². The number of rotatable bonds is 5. The van der Waals surface area contributed by atoms with Crippen molar-refractivity contribution >= 4 is 28.1 Å². The molecular formula is C13H20ClN3O5S. The molecule has 8 nitrogen and oxygen atoms in total. The van der Waals surface area contributed by atoms with Crippen molar-refractivity contribution in [1.82, 2.24) is 4.31 Å². The molecule has 10 heteroatoms. The summed E-state index contributed by atoms with van der Waals surface area (Å²) in [7, 11) is -2.54. The van der Waals surface area contributed by atoms with Crippen molar-refractivity contribution in [3.05, 3.63) is 28.3 Å². The number of non-ortho nitro benzene ring substituents is 1. The van der Waals surface area contributed by atoms with Gasteiger partial charge in [0.1, 0.15) is 10.6 Å². The quantitative estimate of drug-likeness (QED) is 0.622. The molecule has 1 aliphatic heterocycles. The van der Waals surface area contributed by atoms with Crippen LogP contribution in [0, 0.1) is 15.5 Å². The van der Waals surface area contributed by atoms with Gasteiger partial charge in [-0.25, -0.2) is 8.42 Å². The second kappa shape index (κ2) is 7.00. The van der Waals surface area contributed by atoms with Crippen molar-refractivity contribution in [2.75, 3.05) is 26.7 Å². The zero-order valence-electron chi connectivity index (χ0n) is 12.9. The van der Waals surface area contributed by atoms with Crippen LogP contribution < -0.4 is 10.5 Å². The summed E-state index contributed by atoms with van der Waals surface area (Å²) in [6.07, 6.45) is 0.653. The van der Waals surface area contributed by atoms with Crippen LogP contribution in [-0.2, 0) is 10.0 Å². The first kappa shape index (κ1) is 19.6. The molecule has 1 aromatic carbocycles. The van der Waals surface area contributed by atoms with E-state index in [1.807, 2.05) is 6.92 Å². The lowest BCUT2D eigenvalue weighted by Gasteiger charge is -2.22. The molecule has 0 radical (unpaired) electrons. The minimum Gasteiger partial charge on any atom is -0.495 e. The van der Waals surface area contributed by atoms with E-state index in [4.69, 9.17) is 10.5 Å². The first-order chi connectivity index (χ1) is 10.2. The lowest BCUT2D eigenvalue weighted by atomic mass is 9.90. The van der Waals surface area contributed by atoms with Gasteiger partial charge in [-0.05, 0) is 24.4 Å². The summed E-state index contributed by atoms with van der Waals surface area (Å²) in [5, 5.41) is 10.9. The predicted molar refractivity (Wildman–Crippen MR) is 87.4 cm³/mol. The zero-order chi connectivity index (χ0) is 16.5. The minimum atomic E-state index is -3.87. The number of nitro groups is 1. The number of halogens is 1. The van der Waals surface area contributed by atoms with Crippen molar-refractivity contribution < 1.29 is 18.1 Å². The van der Waals surface area contributed by atoms with Crippen LogP contribution in [0.25, 0.3) is 0 Å². The standard InChI is InChI=1S/C13H19N3O5S.ClH/c1-13(8-14)5-6-15(9-13)22(19,20)12-7-10(16(17)18)3-4-11(12)21-2;/h3-4,7H,5-6,8-9,14H2,1-2H3;1H. The molecule has 0 aliphatic carbocycles. The predicted octanol–water partition coefficient (Wildman–Crippen LogP) is 1.38. The molecule has 2 rings (SSSR count). The van der Waals surface area contributed by atoms with Gasteiger partial charge in [0, 0.05) is 25.2 Å². The van der Waals surface area contributed by atoms with Crippen molar-refractivity contribution in [3.8, 4) is 5.75 Å². The number of nitrogens with two attached hydrogens (primary N) is 1. The van der Waals surface area contributed by atoms with Crippen LogP contribution >= 0.6 is 12.4 Å². The van der Waals surface area contributed by atoms with E-state index in [1.54, 1.807) is 0 Å². The highest BCUT2D eigenvalue weighted by molar-refractivity contribution is 7.89. The number of ether oxygens (including phenoxy) is 1. The Labute approximate surface area is 141 Å². The van der Waals surface area contributed by atoms with E-state index in [0.29, 0.717) is 19.5 Å². The molecule has 1 fully saturated rings. The van der Waals surface area contributed by atoms with Gasteiger partial charge in [-0.3, -0.25) is 10.1 Å². The van der Waals surface area contributed by atoms with Crippen LogP contribution in [0.2, 0.25) is 0 Å². The minimum absolute atomic E-state index is 0. The zero-order valence-corrected chi connectivity index (χ0v) is 14.5. The van der Waals surface area contributed by atoms with Crippen molar-refractivity contribution in [2.24, 2.45) is 11.1 Å². The molecule has 1 atom stereocenters. The fraction of sp³-hybridized carbons (Fsp3) is 0.538. The topological polar surface area (TPSA) is 116 Å². The van der Waals surface area contributed by atoms with Crippen LogP contribution in [0.5, 0.6) is 5.75 Å². The first-order valence-corrected chi connectivity index (χ1v) is 8.20. The summed E-state index contributed by atoms with van der Waals surface area (Å²) in [6.45, 7) is 2.93. The Morgan fingerprint density at radius 2 is 2.13 bits per heavy atom. The summed E-state index contributed by atoms with van der Waals surface area (Å²) in [5.41, 5.74) is 5.13. The van der Waals surface area contributed by atoms with Crippen LogP contribution in [0.1, 0.15) is 13.3 Å². The Bertz CT molecular complexity index is 697.